The third-order valence-electron chi connectivity index (χ3n) is 4.71. The van der Waals surface area contributed by atoms with Gasteiger partial charge in [-0.15, -0.1) is 11.3 Å². The third kappa shape index (κ3) is 4.18. The van der Waals surface area contributed by atoms with Gasteiger partial charge < -0.3 is 9.84 Å². The highest BCUT2D eigenvalue weighted by Gasteiger charge is 2.23. The second-order valence-corrected chi connectivity index (χ2v) is 7.72. The monoisotopic (exact) mass is 416 g/mol. The van der Waals surface area contributed by atoms with Crippen LogP contribution in [0.5, 0.6) is 0 Å². The molecule has 2 heterocycles. The molecule has 3 rings (SSSR count). The number of nitrogens with zero attached hydrogens (tertiary/aromatic N) is 2. The lowest BCUT2D eigenvalue weighted by atomic mass is 10.1. The smallest absolute Gasteiger partial charge is 0.348 e. The zero-order valence-corrected chi connectivity index (χ0v) is 17.3. The van der Waals surface area contributed by atoms with Gasteiger partial charge in [0.2, 0.25) is 0 Å². The molecule has 0 bridgehead atoms. The number of carbonyl (C=O) groups is 1. The van der Waals surface area contributed by atoms with E-state index >= 15 is 0 Å². The van der Waals surface area contributed by atoms with Crippen molar-refractivity contribution in [1.82, 2.24) is 9.13 Å². The lowest BCUT2D eigenvalue weighted by Gasteiger charge is -2.11. The number of hydrogen-bond acceptors (Lipinski definition) is 6. The van der Waals surface area contributed by atoms with Crippen molar-refractivity contribution in [3.8, 4) is 0 Å². The minimum atomic E-state index is -0.488. The van der Waals surface area contributed by atoms with E-state index in [4.69, 9.17) is 4.74 Å². The molecule has 3 aromatic rings. The molecule has 1 aromatic carbocycles. The van der Waals surface area contributed by atoms with E-state index in [0.29, 0.717) is 46.7 Å². The van der Waals surface area contributed by atoms with E-state index in [1.165, 1.54) is 4.57 Å². The van der Waals surface area contributed by atoms with Crippen LogP contribution in [-0.2, 0) is 24.2 Å². The van der Waals surface area contributed by atoms with Crippen molar-refractivity contribution in [2.24, 2.45) is 0 Å². The summed E-state index contributed by atoms with van der Waals surface area (Å²) < 4.78 is 7.80. The molecule has 154 valence electrons. The van der Waals surface area contributed by atoms with Crippen molar-refractivity contribution in [1.29, 1.82) is 0 Å². The number of carbonyl (C=O) groups excluding carboxylic acids is 1. The second-order valence-electron chi connectivity index (χ2n) is 6.72. The van der Waals surface area contributed by atoms with Crippen LogP contribution < -0.4 is 11.2 Å². The summed E-state index contributed by atoms with van der Waals surface area (Å²) in [4.78, 5) is 39.2. The van der Waals surface area contributed by atoms with Gasteiger partial charge in [-0.3, -0.25) is 13.9 Å². The number of aliphatic hydroxyl groups excluding tert-OH is 1. The maximum atomic E-state index is 13.0. The fourth-order valence-corrected chi connectivity index (χ4v) is 4.44. The molecule has 0 unspecified atom stereocenters. The van der Waals surface area contributed by atoms with E-state index < -0.39 is 17.2 Å². The number of esters is 1. The van der Waals surface area contributed by atoms with Gasteiger partial charge in [-0.05, 0) is 30.9 Å². The minimum absolute atomic E-state index is 0.0934. The maximum absolute atomic E-state index is 13.0. The SMILES string of the molecule is CCCOC(=O)c1sc2c(c1C)c(=O)n(CCO)c(=O)n2CCc1ccccc1. The fourth-order valence-electron chi connectivity index (χ4n) is 3.23. The van der Waals surface area contributed by atoms with Crippen molar-refractivity contribution < 1.29 is 14.6 Å². The summed E-state index contributed by atoms with van der Waals surface area (Å²) in [5.41, 5.74) is 0.597. The number of ether oxygens (including phenoxy) is 1. The first-order valence-corrected chi connectivity index (χ1v) is 10.4. The number of fused-ring (bicyclic) bond motifs is 1. The Morgan fingerprint density at radius 3 is 2.52 bits per heavy atom. The zero-order chi connectivity index (χ0) is 21.0. The maximum Gasteiger partial charge on any atom is 0.348 e. The molecule has 0 radical (unpaired) electrons. The number of aromatic nitrogens is 2. The molecule has 1 N–H and O–H groups in total. The van der Waals surface area contributed by atoms with E-state index in [1.54, 1.807) is 6.92 Å². The Kier molecular flexibility index (Phi) is 6.66. The van der Waals surface area contributed by atoms with Crippen LogP contribution in [0.4, 0.5) is 0 Å². The highest BCUT2D eigenvalue weighted by molar-refractivity contribution is 7.20. The summed E-state index contributed by atoms with van der Waals surface area (Å²) in [5.74, 6) is -0.485. The van der Waals surface area contributed by atoms with Gasteiger partial charge in [0.25, 0.3) is 5.56 Å². The Hall–Kier alpha value is -2.71. The first-order valence-electron chi connectivity index (χ1n) is 9.58. The summed E-state index contributed by atoms with van der Waals surface area (Å²) in [6, 6.07) is 9.72. The van der Waals surface area contributed by atoms with Crippen LogP contribution in [-0.4, -0.2) is 33.4 Å². The molecule has 0 saturated carbocycles. The van der Waals surface area contributed by atoms with Gasteiger partial charge in [0.05, 0.1) is 25.1 Å². The Labute approximate surface area is 171 Å². The number of rotatable bonds is 8. The van der Waals surface area contributed by atoms with Crippen molar-refractivity contribution in [3.63, 3.8) is 0 Å². The van der Waals surface area contributed by atoms with Gasteiger partial charge in [0.15, 0.2) is 0 Å². The minimum Gasteiger partial charge on any atom is -0.462 e. The van der Waals surface area contributed by atoms with Crippen LogP contribution in [0.25, 0.3) is 10.2 Å². The molecule has 29 heavy (non-hydrogen) atoms. The summed E-state index contributed by atoms with van der Waals surface area (Å²) >= 11 is 1.11. The van der Waals surface area contributed by atoms with Crippen LogP contribution in [0.3, 0.4) is 0 Å². The number of benzene rings is 1. The van der Waals surface area contributed by atoms with Crippen LogP contribution in [0.2, 0.25) is 0 Å². The average molecular weight is 416 g/mol. The lowest BCUT2D eigenvalue weighted by Crippen LogP contribution is -2.40. The Morgan fingerprint density at radius 1 is 1.14 bits per heavy atom. The first-order chi connectivity index (χ1) is 14.0. The van der Waals surface area contributed by atoms with E-state index in [9.17, 15) is 19.5 Å². The largest absolute Gasteiger partial charge is 0.462 e. The fraction of sp³-hybridized carbons (Fsp3) is 0.381. The average Bonchev–Trinajstić information content (AvgIpc) is 3.07. The van der Waals surface area contributed by atoms with E-state index in [-0.39, 0.29) is 13.2 Å². The Balaban J connectivity index is 2.15. The van der Waals surface area contributed by atoms with Crippen LogP contribution >= 0.6 is 11.3 Å². The Bertz CT molecular complexity index is 1130. The standard InChI is InChI=1S/C21H24N2O5S/c1-3-13-28-20(26)17-14(2)16-18(25)22(11-12-24)21(27)23(19(16)29-17)10-9-15-7-5-4-6-8-15/h4-8,24H,3,9-13H2,1-2H3. The quantitative estimate of drug-likeness (QED) is 0.569. The molecule has 2 aromatic heterocycles. The molecular weight excluding hydrogens is 392 g/mol. The highest BCUT2D eigenvalue weighted by Crippen LogP contribution is 2.28. The number of aliphatic hydroxyl groups is 1. The predicted molar refractivity (Wildman–Crippen MR) is 113 cm³/mol. The summed E-state index contributed by atoms with van der Waals surface area (Å²) in [5, 5.41) is 9.65. The molecule has 0 amide bonds. The lowest BCUT2D eigenvalue weighted by molar-refractivity contribution is 0.0510. The molecular formula is C21H24N2O5S. The highest BCUT2D eigenvalue weighted by atomic mass is 32.1. The first kappa shape index (κ1) is 21.0. The van der Waals surface area contributed by atoms with Gasteiger partial charge in [-0.2, -0.15) is 0 Å². The molecule has 0 aliphatic rings. The molecule has 0 fully saturated rings. The van der Waals surface area contributed by atoms with Gasteiger partial charge in [0.1, 0.15) is 9.71 Å². The molecule has 7 nitrogen and oxygen atoms in total. The predicted octanol–water partition coefficient (Wildman–Crippen LogP) is 2.33. The zero-order valence-electron chi connectivity index (χ0n) is 16.5. The summed E-state index contributed by atoms with van der Waals surface area (Å²) in [7, 11) is 0. The molecule has 0 atom stereocenters. The summed E-state index contributed by atoms with van der Waals surface area (Å²) in [6.07, 6.45) is 1.29. The van der Waals surface area contributed by atoms with Crippen LogP contribution in [0.15, 0.2) is 39.9 Å². The number of thiophene rings is 1. The molecule has 0 aliphatic heterocycles. The molecule has 8 heteroatoms. The number of aryl methyl sites for hydroxylation is 3. The van der Waals surface area contributed by atoms with Gasteiger partial charge in [-0.1, -0.05) is 37.3 Å². The van der Waals surface area contributed by atoms with E-state index in [1.807, 2.05) is 37.3 Å². The van der Waals surface area contributed by atoms with Gasteiger partial charge in [-0.25, -0.2) is 9.59 Å². The van der Waals surface area contributed by atoms with E-state index in [2.05, 4.69) is 0 Å². The second kappa shape index (κ2) is 9.19. The van der Waals surface area contributed by atoms with Crippen molar-refractivity contribution in [2.45, 2.75) is 39.8 Å². The number of hydrogen-bond donors (Lipinski definition) is 1. The Morgan fingerprint density at radius 2 is 1.86 bits per heavy atom. The molecule has 0 spiro atoms. The van der Waals surface area contributed by atoms with Crippen molar-refractivity contribution >= 4 is 27.5 Å². The van der Waals surface area contributed by atoms with Gasteiger partial charge in [0, 0.05) is 6.54 Å². The normalized spacial score (nSPS) is 11.1. The molecule has 0 aliphatic carbocycles. The topological polar surface area (TPSA) is 90.5 Å². The third-order valence-corrected chi connectivity index (χ3v) is 6.00. The van der Waals surface area contributed by atoms with Gasteiger partial charge >= 0.3 is 11.7 Å². The molecule has 0 saturated heterocycles. The van der Waals surface area contributed by atoms with Crippen molar-refractivity contribution in [3.05, 3.63) is 67.2 Å². The summed E-state index contributed by atoms with van der Waals surface area (Å²) in [6.45, 7) is 3.83. The van der Waals surface area contributed by atoms with Crippen LogP contribution in [0.1, 0.15) is 34.1 Å². The van der Waals surface area contributed by atoms with Crippen LogP contribution in [0, 0.1) is 6.92 Å². The van der Waals surface area contributed by atoms with E-state index in [0.717, 1.165) is 21.5 Å². The van der Waals surface area contributed by atoms with Crippen molar-refractivity contribution in [2.75, 3.05) is 13.2 Å².